The Morgan fingerprint density at radius 2 is 1.97 bits per heavy atom. The van der Waals surface area contributed by atoms with E-state index in [0.29, 0.717) is 23.4 Å². The van der Waals surface area contributed by atoms with E-state index in [-0.39, 0.29) is 22.8 Å². The average molecular weight is 453 g/mol. The van der Waals surface area contributed by atoms with Crippen molar-refractivity contribution < 1.29 is 13.2 Å². The summed E-state index contributed by atoms with van der Waals surface area (Å²) in [5.41, 5.74) is 4.08. The molecule has 1 aliphatic carbocycles. The number of hydrogen-bond donors (Lipinski definition) is 2. The van der Waals surface area contributed by atoms with Gasteiger partial charge in [-0.15, -0.1) is 0 Å². The number of rotatable bonds is 3. The second kappa shape index (κ2) is 6.89. The van der Waals surface area contributed by atoms with Crippen molar-refractivity contribution in [1.82, 2.24) is 19.6 Å². The van der Waals surface area contributed by atoms with Crippen molar-refractivity contribution in [2.75, 3.05) is 13.6 Å². The van der Waals surface area contributed by atoms with E-state index < -0.39 is 10.0 Å². The summed E-state index contributed by atoms with van der Waals surface area (Å²) in [7, 11) is -2.09. The molecule has 168 valence electrons. The average Bonchev–Trinajstić information content (AvgIpc) is 3.23. The minimum absolute atomic E-state index is 0.0190. The number of carbonyl (C=O) groups is 1. The molecule has 2 bridgehead atoms. The highest BCUT2D eigenvalue weighted by Crippen LogP contribution is 2.56. The molecule has 32 heavy (non-hydrogen) atoms. The lowest BCUT2D eigenvalue weighted by molar-refractivity contribution is -0.0263. The Labute approximate surface area is 188 Å². The van der Waals surface area contributed by atoms with Gasteiger partial charge in [0.1, 0.15) is 0 Å². The third-order valence-electron chi connectivity index (χ3n) is 8.08. The van der Waals surface area contributed by atoms with Crippen LogP contribution in [0.1, 0.15) is 48.7 Å². The third-order valence-corrected chi connectivity index (χ3v) is 9.49. The molecule has 7 nitrogen and oxygen atoms in total. The number of benzene rings is 2. The van der Waals surface area contributed by atoms with Gasteiger partial charge in [-0.3, -0.25) is 4.79 Å². The first-order chi connectivity index (χ1) is 15.1. The van der Waals surface area contributed by atoms with Crippen LogP contribution in [0.5, 0.6) is 0 Å². The molecule has 2 aromatic carbocycles. The van der Waals surface area contributed by atoms with E-state index >= 15 is 0 Å². The Kier molecular flexibility index (Phi) is 4.56. The van der Waals surface area contributed by atoms with E-state index in [4.69, 9.17) is 0 Å². The van der Waals surface area contributed by atoms with Gasteiger partial charge in [0.2, 0.25) is 10.0 Å². The van der Waals surface area contributed by atoms with Crippen LogP contribution in [0.2, 0.25) is 0 Å². The largest absolute Gasteiger partial charge is 0.345 e. The monoisotopic (exact) mass is 452 g/mol. The van der Waals surface area contributed by atoms with E-state index in [2.05, 4.69) is 35.5 Å². The van der Waals surface area contributed by atoms with Gasteiger partial charge in [0.25, 0.3) is 5.91 Å². The maximum atomic E-state index is 13.6. The first kappa shape index (κ1) is 21.2. The SMILES string of the molecule is CNS(=O)(=O)c1ccc2c(c1)[C@]1(C)CCN(C(=O)c3ccc4nc[nH]c4c3)C(C2)C1(C)C. The highest BCUT2D eigenvalue weighted by molar-refractivity contribution is 7.89. The molecule has 0 saturated carbocycles. The van der Waals surface area contributed by atoms with Gasteiger partial charge in [-0.2, -0.15) is 0 Å². The van der Waals surface area contributed by atoms with Gasteiger partial charge in [0, 0.05) is 23.6 Å². The molecule has 1 amide bonds. The molecular weight excluding hydrogens is 424 g/mol. The van der Waals surface area contributed by atoms with Crippen molar-refractivity contribution in [3.63, 3.8) is 0 Å². The quantitative estimate of drug-likeness (QED) is 0.638. The van der Waals surface area contributed by atoms with Crippen molar-refractivity contribution in [3.05, 3.63) is 59.4 Å². The number of H-pyrrole nitrogens is 1. The first-order valence-corrected chi connectivity index (χ1v) is 12.4. The van der Waals surface area contributed by atoms with E-state index in [9.17, 15) is 13.2 Å². The molecule has 2 N–H and O–H groups in total. The van der Waals surface area contributed by atoms with Gasteiger partial charge in [-0.25, -0.2) is 18.1 Å². The zero-order valence-electron chi connectivity index (χ0n) is 18.8. The van der Waals surface area contributed by atoms with Crippen molar-refractivity contribution in [3.8, 4) is 0 Å². The molecule has 5 rings (SSSR count). The minimum atomic E-state index is -3.52. The molecule has 1 unspecified atom stereocenters. The predicted molar refractivity (Wildman–Crippen MR) is 123 cm³/mol. The summed E-state index contributed by atoms with van der Waals surface area (Å²) in [6.45, 7) is 7.26. The molecule has 0 radical (unpaired) electrons. The van der Waals surface area contributed by atoms with Crippen molar-refractivity contribution >= 4 is 27.0 Å². The Morgan fingerprint density at radius 1 is 1.19 bits per heavy atom. The molecule has 2 heterocycles. The van der Waals surface area contributed by atoms with Crippen LogP contribution in [0.25, 0.3) is 11.0 Å². The number of likely N-dealkylation sites (tertiary alicyclic amines) is 1. The van der Waals surface area contributed by atoms with Crippen molar-refractivity contribution in [2.24, 2.45) is 5.41 Å². The van der Waals surface area contributed by atoms with Crippen LogP contribution in [0.4, 0.5) is 0 Å². The highest BCUT2D eigenvalue weighted by atomic mass is 32.2. The number of fused-ring (bicyclic) bond motifs is 5. The molecular formula is C24H28N4O3S. The number of imidazole rings is 1. The Hall–Kier alpha value is -2.71. The Balaban J connectivity index is 1.56. The fraction of sp³-hybridized carbons (Fsp3) is 0.417. The minimum Gasteiger partial charge on any atom is -0.345 e. The van der Waals surface area contributed by atoms with Gasteiger partial charge in [-0.05, 0) is 66.8 Å². The Bertz CT molecular complexity index is 1340. The van der Waals surface area contributed by atoms with Crippen molar-refractivity contribution in [1.29, 1.82) is 0 Å². The molecule has 1 saturated heterocycles. The molecule has 8 heteroatoms. The molecule has 1 aromatic heterocycles. The van der Waals surface area contributed by atoms with Gasteiger partial charge in [0.05, 0.1) is 22.3 Å². The maximum Gasteiger partial charge on any atom is 0.254 e. The normalized spacial score (nSPS) is 24.4. The summed E-state index contributed by atoms with van der Waals surface area (Å²) < 4.78 is 27.3. The molecule has 3 aromatic rings. The van der Waals surface area contributed by atoms with Gasteiger partial charge in [-0.1, -0.05) is 26.8 Å². The lowest BCUT2D eigenvalue weighted by Crippen LogP contribution is -2.64. The van der Waals surface area contributed by atoms with E-state index in [1.54, 1.807) is 12.4 Å². The van der Waals surface area contributed by atoms with Crippen LogP contribution < -0.4 is 4.72 Å². The molecule has 2 aliphatic rings. The number of carbonyl (C=O) groups excluding carboxylic acids is 1. The lowest BCUT2D eigenvalue weighted by atomic mass is 9.51. The number of nitrogens with one attached hydrogen (secondary N) is 2. The number of sulfonamides is 1. The van der Waals surface area contributed by atoms with Gasteiger partial charge in [0.15, 0.2) is 0 Å². The van der Waals surface area contributed by atoms with Crippen LogP contribution >= 0.6 is 0 Å². The number of aromatic amines is 1. The summed E-state index contributed by atoms with van der Waals surface area (Å²) in [6, 6.07) is 11.0. The third kappa shape index (κ3) is 2.85. The first-order valence-electron chi connectivity index (χ1n) is 10.9. The number of nitrogens with zero attached hydrogens (tertiary/aromatic N) is 2. The van der Waals surface area contributed by atoms with Crippen LogP contribution in [-0.2, 0) is 21.9 Å². The van der Waals surface area contributed by atoms with Crippen molar-refractivity contribution in [2.45, 2.75) is 50.0 Å². The zero-order chi connectivity index (χ0) is 22.9. The zero-order valence-corrected chi connectivity index (χ0v) is 19.6. The van der Waals surface area contributed by atoms with E-state index in [1.165, 1.54) is 7.05 Å². The molecule has 1 fully saturated rings. The van der Waals surface area contributed by atoms with Crippen LogP contribution in [0.15, 0.2) is 47.6 Å². The summed E-state index contributed by atoms with van der Waals surface area (Å²) in [5, 5.41) is 0. The molecule has 1 aliphatic heterocycles. The second-order valence-electron chi connectivity index (χ2n) is 9.68. The fourth-order valence-electron chi connectivity index (χ4n) is 5.64. The lowest BCUT2D eigenvalue weighted by Gasteiger charge is -2.60. The van der Waals surface area contributed by atoms with Crippen LogP contribution in [-0.4, -0.2) is 48.8 Å². The summed E-state index contributed by atoms with van der Waals surface area (Å²) in [6.07, 6.45) is 3.11. The highest BCUT2D eigenvalue weighted by Gasteiger charge is 2.57. The van der Waals surface area contributed by atoms with E-state index in [0.717, 1.165) is 28.6 Å². The summed E-state index contributed by atoms with van der Waals surface area (Å²) >= 11 is 0. The van der Waals surface area contributed by atoms with E-state index in [1.807, 2.05) is 35.2 Å². The topological polar surface area (TPSA) is 95.2 Å². The number of aromatic nitrogens is 2. The fourth-order valence-corrected chi connectivity index (χ4v) is 6.40. The van der Waals surface area contributed by atoms with Gasteiger partial charge < -0.3 is 9.88 Å². The summed E-state index contributed by atoms with van der Waals surface area (Å²) in [4.78, 5) is 23.2. The molecule has 0 spiro atoms. The summed E-state index contributed by atoms with van der Waals surface area (Å²) in [5.74, 6) is 0.0273. The number of piperidine rings is 1. The van der Waals surface area contributed by atoms with Gasteiger partial charge >= 0.3 is 0 Å². The standard InChI is InChI=1S/C24H28N4O3S/c1-23(2)21-12-15-5-7-17(32(30,31)25-4)13-18(15)24(23,3)9-10-28(21)22(29)16-6-8-19-20(11-16)27-14-26-19/h5-8,11,13-14,21,25H,9-10,12H2,1-4H3,(H,26,27)/t21?,24-/m0/s1. The smallest absolute Gasteiger partial charge is 0.254 e. The molecule has 2 atom stereocenters. The van der Waals surface area contributed by atoms with Crippen LogP contribution in [0.3, 0.4) is 0 Å². The van der Waals surface area contributed by atoms with Crippen LogP contribution in [0, 0.1) is 5.41 Å². The number of hydrogen-bond acceptors (Lipinski definition) is 4. The second-order valence-corrected chi connectivity index (χ2v) is 11.6. The predicted octanol–water partition coefficient (Wildman–Crippen LogP) is 3.23. The Morgan fingerprint density at radius 3 is 2.72 bits per heavy atom. The maximum absolute atomic E-state index is 13.6. The number of amides is 1.